The lowest BCUT2D eigenvalue weighted by Gasteiger charge is -2.09. The van der Waals surface area contributed by atoms with Gasteiger partial charge < -0.3 is 9.88 Å². The van der Waals surface area contributed by atoms with E-state index >= 15 is 0 Å². The van der Waals surface area contributed by atoms with Gasteiger partial charge in [0.05, 0.1) is 5.69 Å². The third kappa shape index (κ3) is 4.50. The number of thiazole rings is 1. The molecule has 3 rings (SSSR count). The van der Waals surface area contributed by atoms with Crippen LogP contribution in [0.3, 0.4) is 0 Å². The summed E-state index contributed by atoms with van der Waals surface area (Å²) in [7, 11) is 0. The number of carbonyl (C=O) groups is 1. The van der Waals surface area contributed by atoms with E-state index < -0.39 is 0 Å². The number of anilines is 1. The molecule has 6 nitrogen and oxygen atoms in total. The summed E-state index contributed by atoms with van der Waals surface area (Å²) in [6.45, 7) is 6.58. The van der Waals surface area contributed by atoms with Crippen LogP contribution in [0, 0.1) is 6.92 Å². The van der Waals surface area contributed by atoms with Crippen molar-refractivity contribution in [1.29, 1.82) is 0 Å². The van der Waals surface area contributed by atoms with Gasteiger partial charge in [-0.15, -0.1) is 21.5 Å². The van der Waals surface area contributed by atoms with Gasteiger partial charge in [0.15, 0.2) is 16.1 Å². The fourth-order valence-electron chi connectivity index (χ4n) is 2.54. The SMILES string of the molecule is CCCn1c(SCc2csc(NC(C)=O)n2)nnc1-c1cccc(C)c1. The topological polar surface area (TPSA) is 72.7 Å². The number of amides is 1. The first-order valence-corrected chi connectivity index (χ1v) is 10.3. The maximum atomic E-state index is 11.1. The van der Waals surface area contributed by atoms with Crippen molar-refractivity contribution in [1.82, 2.24) is 19.7 Å². The molecule has 8 heteroatoms. The van der Waals surface area contributed by atoms with Crippen LogP contribution >= 0.6 is 23.1 Å². The molecule has 0 saturated heterocycles. The Morgan fingerprint density at radius 3 is 2.92 bits per heavy atom. The van der Waals surface area contributed by atoms with Crippen molar-refractivity contribution < 1.29 is 4.79 Å². The minimum absolute atomic E-state index is 0.107. The summed E-state index contributed by atoms with van der Waals surface area (Å²) >= 11 is 3.04. The van der Waals surface area contributed by atoms with Gasteiger partial charge in [0.2, 0.25) is 5.91 Å². The molecule has 2 heterocycles. The van der Waals surface area contributed by atoms with Crippen molar-refractivity contribution in [2.45, 2.75) is 44.6 Å². The van der Waals surface area contributed by atoms with Gasteiger partial charge in [-0.05, 0) is 19.4 Å². The highest BCUT2D eigenvalue weighted by atomic mass is 32.2. The van der Waals surface area contributed by atoms with Crippen molar-refractivity contribution in [3.8, 4) is 11.4 Å². The Bertz CT molecular complexity index is 903. The maximum Gasteiger partial charge on any atom is 0.223 e. The van der Waals surface area contributed by atoms with E-state index in [1.54, 1.807) is 11.8 Å². The molecular formula is C18H21N5OS2. The Kier molecular flexibility index (Phi) is 6.05. The molecule has 0 fully saturated rings. The number of thioether (sulfide) groups is 1. The molecule has 3 aromatic rings. The first-order valence-electron chi connectivity index (χ1n) is 8.42. The summed E-state index contributed by atoms with van der Waals surface area (Å²) < 4.78 is 2.17. The molecule has 0 bridgehead atoms. The van der Waals surface area contributed by atoms with E-state index in [0.29, 0.717) is 10.9 Å². The number of nitrogens with one attached hydrogen (secondary N) is 1. The first kappa shape index (κ1) is 18.6. The number of aryl methyl sites for hydroxylation is 1. The molecule has 0 aliphatic carbocycles. The molecule has 2 aromatic heterocycles. The molecule has 1 N–H and O–H groups in total. The highest BCUT2D eigenvalue weighted by molar-refractivity contribution is 7.98. The predicted octanol–water partition coefficient (Wildman–Crippen LogP) is 4.37. The number of hydrogen-bond donors (Lipinski definition) is 1. The zero-order valence-corrected chi connectivity index (χ0v) is 16.7. The van der Waals surface area contributed by atoms with Crippen LogP contribution in [0.15, 0.2) is 34.8 Å². The second-order valence-corrected chi connectivity index (χ2v) is 7.74. The summed E-state index contributed by atoms with van der Waals surface area (Å²) in [5.74, 6) is 1.48. The van der Waals surface area contributed by atoms with Crippen molar-refractivity contribution in [2.75, 3.05) is 5.32 Å². The van der Waals surface area contributed by atoms with E-state index in [0.717, 1.165) is 35.2 Å². The van der Waals surface area contributed by atoms with Crippen LogP contribution in [-0.4, -0.2) is 25.7 Å². The van der Waals surface area contributed by atoms with E-state index in [2.05, 4.69) is 57.1 Å². The quantitative estimate of drug-likeness (QED) is 0.610. The van der Waals surface area contributed by atoms with Crippen LogP contribution in [0.1, 0.15) is 31.5 Å². The minimum Gasteiger partial charge on any atom is -0.302 e. The number of benzene rings is 1. The van der Waals surface area contributed by atoms with Gasteiger partial charge in [0.1, 0.15) is 0 Å². The van der Waals surface area contributed by atoms with Crippen LogP contribution in [0.25, 0.3) is 11.4 Å². The largest absolute Gasteiger partial charge is 0.302 e. The number of rotatable bonds is 7. The Morgan fingerprint density at radius 2 is 2.19 bits per heavy atom. The summed E-state index contributed by atoms with van der Waals surface area (Å²) in [5.41, 5.74) is 3.21. The number of nitrogens with zero attached hydrogens (tertiary/aromatic N) is 4. The first-order chi connectivity index (χ1) is 12.6. The summed E-state index contributed by atoms with van der Waals surface area (Å²) in [6, 6.07) is 8.32. The highest BCUT2D eigenvalue weighted by Gasteiger charge is 2.15. The lowest BCUT2D eigenvalue weighted by molar-refractivity contribution is -0.114. The van der Waals surface area contributed by atoms with Crippen LogP contribution in [0.5, 0.6) is 0 Å². The smallest absolute Gasteiger partial charge is 0.223 e. The van der Waals surface area contributed by atoms with Crippen LogP contribution in [-0.2, 0) is 17.1 Å². The molecule has 0 aliphatic rings. The standard InChI is InChI=1S/C18H21N5OS2/c1-4-8-23-16(14-7-5-6-12(2)9-14)21-22-18(23)26-11-15-10-25-17(20-15)19-13(3)24/h5-7,9-10H,4,8,11H2,1-3H3,(H,19,20,24). The Morgan fingerprint density at radius 1 is 1.35 bits per heavy atom. The Labute approximate surface area is 161 Å². The second kappa shape index (κ2) is 8.46. The Hall–Kier alpha value is -2.19. The van der Waals surface area contributed by atoms with E-state index in [1.165, 1.54) is 23.8 Å². The van der Waals surface area contributed by atoms with Crippen LogP contribution in [0.2, 0.25) is 0 Å². The van der Waals surface area contributed by atoms with Crippen molar-refractivity contribution >= 4 is 34.1 Å². The fraction of sp³-hybridized carbons (Fsp3) is 0.333. The third-order valence-electron chi connectivity index (χ3n) is 3.62. The lowest BCUT2D eigenvalue weighted by Crippen LogP contribution is -2.05. The molecule has 1 aromatic carbocycles. The van der Waals surface area contributed by atoms with Crippen molar-refractivity contribution in [3.63, 3.8) is 0 Å². The van der Waals surface area contributed by atoms with Gasteiger partial charge >= 0.3 is 0 Å². The fourth-order valence-corrected chi connectivity index (χ4v) is 4.26. The zero-order chi connectivity index (χ0) is 18.5. The van der Waals surface area contributed by atoms with Gasteiger partial charge in [-0.2, -0.15) is 0 Å². The van der Waals surface area contributed by atoms with Gasteiger partial charge in [-0.25, -0.2) is 4.98 Å². The summed E-state index contributed by atoms with van der Waals surface area (Å²) in [5, 5.41) is 15.0. The molecular weight excluding hydrogens is 366 g/mol. The predicted molar refractivity (Wildman–Crippen MR) is 106 cm³/mol. The normalized spacial score (nSPS) is 10.9. The minimum atomic E-state index is -0.107. The van der Waals surface area contributed by atoms with Crippen LogP contribution in [0.4, 0.5) is 5.13 Å². The van der Waals surface area contributed by atoms with Gasteiger partial charge in [-0.3, -0.25) is 4.79 Å². The van der Waals surface area contributed by atoms with E-state index in [-0.39, 0.29) is 5.91 Å². The number of carbonyl (C=O) groups excluding carboxylic acids is 1. The maximum absolute atomic E-state index is 11.1. The van der Waals surface area contributed by atoms with Gasteiger partial charge in [0, 0.05) is 30.2 Å². The molecule has 0 unspecified atom stereocenters. The molecule has 0 spiro atoms. The monoisotopic (exact) mass is 387 g/mol. The van der Waals surface area contributed by atoms with E-state index in [9.17, 15) is 4.79 Å². The highest BCUT2D eigenvalue weighted by Crippen LogP contribution is 2.28. The number of hydrogen-bond acceptors (Lipinski definition) is 6. The molecule has 26 heavy (non-hydrogen) atoms. The summed E-state index contributed by atoms with van der Waals surface area (Å²) in [4.78, 5) is 15.5. The van der Waals surface area contributed by atoms with Gasteiger partial charge in [0.25, 0.3) is 0 Å². The lowest BCUT2D eigenvalue weighted by atomic mass is 10.1. The molecule has 1 amide bonds. The molecule has 0 radical (unpaired) electrons. The van der Waals surface area contributed by atoms with E-state index in [4.69, 9.17) is 0 Å². The van der Waals surface area contributed by atoms with Crippen molar-refractivity contribution in [2.24, 2.45) is 0 Å². The zero-order valence-electron chi connectivity index (χ0n) is 15.0. The molecule has 0 aliphatic heterocycles. The second-order valence-electron chi connectivity index (χ2n) is 5.94. The third-order valence-corrected chi connectivity index (χ3v) is 5.43. The molecule has 0 atom stereocenters. The van der Waals surface area contributed by atoms with Crippen LogP contribution < -0.4 is 5.32 Å². The average molecular weight is 388 g/mol. The Balaban J connectivity index is 1.77. The molecule has 136 valence electrons. The van der Waals surface area contributed by atoms with Gasteiger partial charge in [-0.1, -0.05) is 42.4 Å². The number of aromatic nitrogens is 4. The van der Waals surface area contributed by atoms with E-state index in [1.807, 2.05) is 11.4 Å². The molecule has 0 saturated carbocycles. The average Bonchev–Trinajstić information content (AvgIpc) is 3.20. The summed E-state index contributed by atoms with van der Waals surface area (Å²) in [6.07, 6.45) is 1.01. The van der Waals surface area contributed by atoms with Crippen molar-refractivity contribution in [3.05, 3.63) is 40.9 Å².